The third-order valence-corrected chi connectivity index (χ3v) is 4.90. The Balaban J connectivity index is 2.11. The summed E-state index contributed by atoms with van der Waals surface area (Å²) in [6, 6.07) is 3.98. The van der Waals surface area contributed by atoms with E-state index in [1.807, 2.05) is 26.0 Å². The van der Waals surface area contributed by atoms with Gasteiger partial charge in [0.25, 0.3) is 0 Å². The number of aryl methyl sites for hydroxylation is 2. The van der Waals surface area contributed by atoms with Crippen molar-refractivity contribution in [1.82, 2.24) is 0 Å². The minimum Gasteiger partial charge on any atom is -0.377 e. The first kappa shape index (κ1) is 14.5. The van der Waals surface area contributed by atoms with Gasteiger partial charge in [-0.2, -0.15) is 0 Å². The highest BCUT2D eigenvalue weighted by molar-refractivity contribution is 9.10. The van der Waals surface area contributed by atoms with Gasteiger partial charge in [0.05, 0.1) is 12.0 Å². The van der Waals surface area contributed by atoms with E-state index < -0.39 is 0 Å². The van der Waals surface area contributed by atoms with E-state index in [0.717, 1.165) is 34.1 Å². The lowest BCUT2D eigenvalue weighted by Crippen LogP contribution is -2.29. The minimum absolute atomic E-state index is 0.0192. The molecule has 0 saturated carbocycles. The molecule has 1 fully saturated rings. The molecule has 2 rings (SSSR count). The number of carbonyl (C=O) groups excluding carboxylic acids is 1. The number of hydrogen-bond acceptors (Lipinski definition) is 2. The number of benzene rings is 1. The van der Waals surface area contributed by atoms with E-state index in [4.69, 9.17) is 4.74 Å². The summed E-state index contributed by atoms with van der Waals surface area (Å²) >= 11 is 3.53. The fourth-order valence-electron chi connectivity index (χ4n) is 2.60. The van der Waals surface area contributed by atoms with Crippen LogP contribution in [0.2, 0.25) is 0 Å². The SMILES string of the molecule is CCC1OCCC1C(=O)Nc1cc(C)c(Br)c(C)c1. The van der Waals surface area contributed by atoms with Gasteiger partial charge in [-0.1, -0.05) is 22.9 Å². The molecular formula is C15H20BrNO2. The first-order valence-electron chi connectivity index (χ1n) is 6.72. The molecule has 1 heterocycles. The van der Waals surface area contributed by atoms with Crippen LogP contribution < -0.4 is 5.32 Å². The second kappa shape index (κ2) is 6.06. The van der Waals surface area contributed by atoms with Crippen molar-refractivity contribution < 1.29 is 9.53 Å². The van der Waals surface area contributed by atoms with E-state index in [-0.39, 0.29) is 17.9 Å². The second-order valence-corrected chi connectivity index (χ2v) is 5.92. The molecule has 1 aliphatic heterocycles. The van der Waals surface area contributed by atoms with Gasteiger partial charge < -0.3 is 10.1 Å². The molecule has 1 aromatic carbocycles. The molecular weight excluding hydrogens is 306 g/mol. The highest BCUT2D eigenvalue weighted by atomic mass is 79.9. The molecule has 1 aliphatic rings. The topological polar surface area (TPSA) is 38.3 Å². The number of amides is 1. The molecule has 0 aliphatic carbocycles. The quantitative estimate of drug-likeness (QED) is 0.917. The standard InChI is InChI=1S/C15H20BrNO2/c1-4-13-12(5-6-19-13)15(18)17-11-7-9(2)14(16)10(3)8-11/h7-8,12-13H,4-6H2,1-3H3,(H,17,18). The highest BCUT2D eigenvalue weighted by Gasteiger charge is 2.32. The van der Waals surface area contributed by atoms with E-state index in [1.54, 1.807) is 0 Å². The molecule has 0 aromatic heterocycles. The van der Waals surface area contributed by atoms with Crippen LogP contribution in [-0.2, 0) is 9.53 Å². The van der Waals surface area contributed by atoms with Crippen LogP contribution in [-0.4, -0.2) is 18.6 Å². The minimum atomic E-state index is -0.0192. The van der Waals surface area contributed by atoms with Crippen molar-refractivity contribution in [2.45, 2.75) is 39.7 Å². The Morgan fingerprint density at radius 1 is 1.42 bits per heavy atom. The monoisotopic (exact) mass is 325 g/mol. The molecule has 1 saturated heterocycles. The van der Waals surface area contributed by atoms with Gasteiger partial charge in [-0.3, -0.25) is 4.79 Å². The van der Waals surface area contributed by atoms with Crippen molar-refractivity contribution in [2.24, 2.45) is 5.92 Å². The van der Waals surface area contributed by atoms with Crippen LogP contribution in [0.3, 0.4) is 0 Å². The lowest BCUT2D eigenvalue weighted by molar-refractivity contribution is -0.121. The average Bonchev–Trinajstić information content (AvgIpc) is 2.84. The van der Waals surface area contributed by atoms with Gasteiger partial charge in [-0.05, 0) is 49.9 Å². The zero-order chi connectivity index (χ0) is 14.0. The van der Waals surface area contributed by atoms with Crippen LogP contribution in [0.4, 0.5) is 5.69 Å². The summed E-state index contributed by atoms with van der Waals surface area (Å²) in [4.78, 5) is 12.3. The predicted octanol–water partition coefficient (Wildman–Crippen LogP) is 3.82. The maximum absolute atomic E-state index is 12.3. The number of hydrogen-bond donors (Lipinski definition) is 1. The molecule has 2 unspecified atom stereocenters. The van der Waals surface area contributed by atoms with Gasteiger partial charge in [0.15, 0.2) is 0 Å². The molecule has 4 heteroatoms. The molecule has 2 atom stereocenters. The van der Waals surface area contributed by atoms with Gasteiger partial charge >= 0.3 is 0 Å². The van der Waals surface area contributed by atoms with E-state index in [1.165, 1.54) is 0 Å². The number of halogens is 1. The van der Waals surface area contributed by atoms with Crippen molar-refractivity contribution in [3.63, 3.8) is 0 Å². The summed E-state index contributed by atoms with van der Waals surface area (Å²) in [6.07, 6.45) is 1.77. The fraction of sp³-hybridized carbons (Fsp3) is 0.533. The van der Waals surface area contributed by atoms with Crippen LogP contribution in [0, 0.1) is 19.8 Å². The summed E-state index contributed by atoms with van der Waals surface area (Å²) in [6.45, 7) is 6.81. The second-order valence-electron chi connectivity index (χ2n) is 5.13. The maximum Gasteiger partial charge on any atom is 0.230 e. The van der Waals surface area contributed by atoms with Crippen molar-refractivity contribution in [3.05, 3.63) is 27.7 Å². The molecule has 0 spiro atoms. The Morgan fingerprint density at radius 2 is 2.05 bits per heavy atom. The molecule has 1 amide bonds. The number of rotatable bonds is 3. The first-order chi connectivity index (χ1) is 9.02. The summed E-state index contributed by atoms with van der Waals surface area (Å²) in [5, 5.41) is 3.02. The summed E-state index contributed by atoms with van der Waals surface area (Å²) in [5.74, 6) is 0.0553. The smallest absolute Gasteiger partial charge is 0.230 e. The Morgan fingerprint density at radius 3 is 2.63 bits per heavy atom. The third-order valence-electron chi connectivity index (χ3n) is 3.65. The Bertz CT molecular complexity index is 464. The maximum atomic E-state index is 12.3. The normalized spacial score (nSPS) is 22.5. The molecule has 19 heavy (non-hydrogen) atoms. The van der Waals surface area contributed by atoms with Crippen LogP contribution in [0.1, 0.15) is 30.9 Å². The highest BCUT2D eigenvalue weighted by Crippen LogP contribution is 2.28. The van der Waals surface area contributed by atoms with Gasteiger partial charge in [-0.15, -0.1) is 0 Å². The van der Waals surface area contributed by atoms with Crippen LogP contribution in [0.15, 0.2) is 16.6 Å². The Hall–Kier alpha value is -0.870. The van der Waals surface area contributed by atoms with Crippen molar-refractivity contribution >= 4 is 27.5 Å². The summed E-state index contributed by atoms with van der Waals surface area (Å²) in [5.41, 5.74) is 3.12. The molecule has 0 radical (unpaired) electrons. The Kier molecular flexibility index (Phi) is 4.63. The number of carbonyl (C=O) groups is 1. The van der Waals surface area contributed by atoms with E-state index in [9.17, 15) is 4.79 Å². The van der Waals surface area contributed by atoms with Crippen molar-refractivity contribution in [1.29, 1.82) is 0 Å². The zero-order valence-corrected chi connectivity index (χ0v) is 13.2. The predicted molar refractivity (Wildman–Crippen MR) is 80.4 cm³/mol. The zero-order valence-electron chi connectivity index (χ0n) is 11.6. The first-order valence-corrected chi connectivity index (χ1v) is 7.51. The number of ether oxygens (including phenoxy) is 1. The van der Waals surface area contributed by atoms with Crippen LogP contribution in [0.5, 0.6) is 0 Å². The van der Waals surface area contributed by atoms with Gasteiger partial charge in [0.1, 0.15) is 0 Å². The fourth-order valence-corrected chi connectivity index (χ4v) is 2.83. The lowest BCUT2D eigenvalue weighted by Gasteiger charge is -2.17. The summed E-state index contributed by atoms with van der Waals surface area (Å²) in [7, 11) is 0. The van der Waals surface area contributed by atoms with E-state index in [2.05, 4.69) is 28.2 Å². The summed E-state index contributed by atoms with van der Waals surface area (Å²) < 4.78 is 6.67. The lowest BCUT2D eigenvalue weighted by atomic mass is 9.98. The van der Waals surface area contributed by atoms with Crippen molar-refractivity contribution in [3.8, 4) is 0 Å². The van der Waals surface area contributed by atoms with Crippen LogP contribution in [0.25, 0.3) is 0 Å². The molecule has 3 nitrogen and oxygen atoms in total. The van der Waals surface area contributed by atoms with Crippen LogP contribution >= 0.6 is 15.9 Å². The van der Waals surface area contributed by atoms with Gasteiger partial charge in [0.2, 0.25) is 5.91 Å². The van der Waals surface area contributed by atoms with Gasteiger partial charge in [-0.25, -0.2) is 0 Å². The average molecular weight is 326 g/mol. The number of nitrogens with one attached hydrogen (secondary N) is 1. The van der Waals surface area contributed by atoms with Crippen molar-refractivity contribution in [2.75, 3.05) is 11.9 Å². The molecule has 104 valence electrons. The molecule has 1 aromatic rings. The number of anilines is 1. The van der Waals surface area contributed by atoms with E-state index >= 15 is 0 Å². The van der Waals surface area contributed by atoms with E-state index in [0.29, 0.717) is 6.61 Å². The molecule has 0 bridgehead atoms. The Labute approximate surface area is 122 Å². The largest absolute Gasteiger partial charge is 0.377 e. The van der Waals surface area contributed by atoms with Gasteiger partial charge in [0, 0.05) is 16.8 Å². The molecule has 1 N–H and O–H groups in total. The third kappa shape index (κ3) is 3.18.